The van der Waals surface area contributed by atoms with Gasteiger partial charge in [-0.15, -0.1) is 11.3 Å². The van der Waals surface area contributed by atoms with E-state index in [4.69, 9.17) is 11.6 Å². The summed E-state index contributed by atoms with van der Waals surface area (Å²) in [6.45, 7) is 4.11. The number of thiophene rings is 1. The lowest BCUT2D eigenvalue weighted by molar-refractivity contribution is -0.131. The van der Waals surface area contributed by atoms with Gasteiger partial charge in [-0.25, -0.2) is 0 Å². The first-order valence-corrected chi connectivity index (χ1v) is 6.53. The summed E-state index contributed by atoms with van der Waals surface area (Å²) < 4.78 is 0.772. The van der Waals surface area contributed by atoms with Crippen molar-refractivity contribution in [1.82, 2.24) is 10.2 Å². The molecule has 0 aliphatic heterocycles. The normalized spacial score (nSPS) is 10.4. The van der Waals surface area contributed by atoms with Gasteiger partial charge in [0.05, 0.1) is 10.9 Å². The van der Waals surface area contributed by atoms with E-state index in [0.717, 1.165) is 22.3 Å². The SMILES string of the molecule is CCN(Cc1ccc(Cl)s1)C(=O)CCNC. The van der Waals surface area contributed by atoms with Gasteiger partial charge >= 0.3 is 0 Å². The molecule has 0 spiro atoms. The Balaban J connectivity index is 2.51. The number of amides is 1. The molecule has 1 heterocycles. The van der Waals surface area contributed by atoms with Crippen molar-refractivity contribution in [3.05, 3.63) is 21.3 Å². The average molecular weight is 261 g/mol. The topological polar surface area (TPSA) is 32.3 Å². The van der Waals surface area contributed by atoms with E-state index >= 15 is 0 Å². The van der Waals surface area contributed by atoms with Gasteiger partial charge in [0.15, 0.2) is 0 Å². The predicted octanol–water partition coefficient (Wildman–Crippen LogP) is 2.36. The Bertz CT molecular complexity index is 340. The number of hydrogen-bond acceptors (Lipinski definition) is 3. The summed E-state index contributed by atoms with van der Waals surface area (Å²) in [6.07, 6.45) is 0.545. The largest absolute Gasteiger partial charge is 0.338 e. The van der Waals surface area contributed by atoms with E-state index in [9.17, 15) is 4.79 Å². The molecule has 90 valence electrons. The average Bonchev–Trinajstić information content (AvgIpc) is 2.68. The third-order valence-electron chi connectivity index (χ3n) is 2.30. The minimum Gasteiger partial charge on any atom is -0.338 e. The molecule has 0 aliphatic rings. The Morgan fingerprint density at radius 1 is 1.56 bits per heavy atom. The van der Waals surface area contributed by atoms with Crippen LogP contribution in [0.3, 0.4) is 0 Å². The molecule has 1 aromatic rings. The third-order valence-corrected chi connectivity index (χ3v) is 3.51. The molecule has 0 aromatic carbocycles. The van der Waals surface area contributed by atoms with E-state index in [2.05, 4.69) is 5.32 Å². The van der Waals surface area contributed by atoms with Crippen molar-refractivity contribution in [2.24, 2.45) is 0 Å². The maximum atomic E-state index is 11.8. The van der Waals surface area contributed by atoms with Crippen molar-refractivity contribution >= 4 is 28.8 Å². The number of nitrogens with one attached hydrogen (secondary N) is 1. The van der Waals surface area contributed by atoms with Crippen LogP contribution in [0.1, 0.15) is 18.2 Å². The fourth-order valence-electron chi connectivity index (χ4n) is 1.39. The molecule has 0 fully saturated rings. The second-order valence-corrected chi connectivity index (χ2v) is 5.27. The van der Waals surface area contributed by atoms with Gasteiger partial charge in [-0.3, -0.25) is 4.79 Å². The lowest BCUT2D eigenvalue weighted by Crippen LogP contribution is -2.31. The van der Waals surface area contributed by atoms with E-state index in [1.807, 2.05) is 31.0 Å². The standard InChI is InChI=1S/C11H17ClN2OS/c1-3-14(11(15)6-7-13-2)8-9-4-5-10(12)16-9/h4-5,13H,3,6-8H2,1-2H3. The van der Waals surface area contributed by atoms with Gasteiger partial charge in [0.2, 0.25) is 5.91 Å². The van der Waals surface area contributed by atoms with Crippen LogP contribution in [0.2, 0.25) is 4.34 Å². The van der Waals surface area contributed by atoms with Crippen LogP contribution in [0.5, 0.6) is 0 Å². The van der Waals surface area contributed by atoms with Gasteiger partial charge in [0, 0.05) is 24.4 Å². The minimum atomic E-state index is 0.182. The van der Waals surface area contributed by atoms with Crippen LogP contribution in [0, 0.1) is 0 Å². The zero-order chi connectivity index (χ0) is 12.0. The molecule has 0 radical (unpaired) electrons. The van der Waals surface area contributed by atoms with E-state index in [0.29, 0.717) is 13.0 Å². The smallest absolute Gasteiger partial charge is 0.224 e. The van der Waals surface area contributed by atoms with Crippen LogP contribution in [0.4, 0.5) is 0 Å². The molecular weight excluding hydrogens is 244 g/mol. The molecule has 0 saturated carbocycles. The van der Waals surface area contributed by atoms with Gasteiger partial charge in [-0.1, -0.05) is 11.6 Å². The predicted molar refractivity (Wildman–Crippen MR) is 69.0 cm³/mol. The van der Waals surface area contributed by atoms with Crippen LogP contribution in [0.25, 0.3) is 0 Å². The molecule has 1 amide bonds. The quantitative estimate of drug-likeness (QED) is 0.852. The van der Waals surface area contributed by atoms with E-state index < -0.39 is 0 Å². The molecule has 3 nitrogen and oxygen atoms in total. The van der Waals surface area contributed by atoms with Gasteiger partial charge in [0.25, 0.3) is 0 Å². The molecule has 16 heavy (non-hydrogen) atoms. The Labute approximate surface area is 105 Å². The summed E-state index contributed by atoms with van der Waals surface area (Å²) in [7, 11) is 1.85. The summed E-state index contributed by atoms with van der Waals surface area (Å²) in [5.74, 6) is 0.182. The molecule has 1 rings (SSSR count). The van der Waals surface area contributed by atoms with Crippen molar-refractivity contribution < 1.29 is 4.79 Å². The Morgan fingerprint density at radius 2 is 2.31 bits per heavy atom. The highest BCUT2D eigenvalue weighted by atomic mass is 35.5. The number of rotatable bonds is 6. The van der Waals surface area contributed by atoms with Gasteiger partial charge < -0.3 is 10.2 Å². The maximum Gasteiger partial charge on any atom is 0.224 e. The van der Waals surface area contributed by atoms with Gasteiger partial charge in [0.1, 0.15) is 0 Å². The molecule has 0 unspecified atom stereocenters. The number of carbonyl (C=O) groups is 1. The zero-order valence-electron chi connectivity index (χ0n) is 9.62. The van der Waals surface area contributed by atoms with E-state index in [1.54, 1.807) is 0 Å². The first-order valence-electron chi connectivity index (χ1n) is 5.34. The van der Waals surface area contributed by atoms with Crippen LogP contribution >= 0.6 is 22.9 Å². The lowest BCUT2D eigenvalue weighted by Gasteiger charge is -2.20. The number of nitrogens with zero attached hydrogens (tertiary/aromatic N) is 1. The summed E-state index contributed by atoms with van der Waals surface area (Å²) in [6, 6.07) is 3.84. The van der Waals surface area contributed by atoms with Crippen LogP contribution < -0.4 is 5.32 Å². The maximum absolute atomic E-state index is 11.8. The molecule has 0 saturated heterocycles. The Hall–Kier alpha value is -0.580. The summed E-state index contributed by atoms with van der Waals surface area (Å²) >= 11 is 7.38. The molecule has 0 aliphatic carbocycles. The van der Waals surface area contributed by atoms with E-state index in [1.165, 1.54) is 11.3 Å². The molecule has 0 atom stereocenters. The Kier molecular flexibility index (Phi) is 5.80. The number of carbonyl (C=O) groups excluding carboxylic acids is 1. The second kappa shape index (κ2) is 6.89. The molecule has 0 bridgehead atoms. The molecular formula is C11H17ClN2OS. The summed E-state index contributed by atoms with van der Waals surface area (Å²) in [4.78, 5) is 14.8. The number of halogens is 1. The lowest BCUT2D eigenvalue weighted by atomic mass is 10.3. The zero-order valence-corrected chi connectivity index (χ0v) is 11.2. The first kappa shape index (κ1) is 13.5. The molecule has 5 heteroatoms. The minimum absolute atomic E-state index is 0.182. The van der Waals surface area contributed by atoms with Crippen molar-refractivity contribution in [1.29, 1.82) is 0 Å². The van der Waals surface area contributed by atoms with Gasteiger partial charge in [-0.2, -0.15) is 0 Å². The highest BCUT2D eigenvalue weighted by molar-refractivity contribution is 7.16. The summed E-state index contributed by atoms with van der Waals surface area (Å²) in [5.41, 5.74) is 0. The van der Waals surface area contributed by atoms with E-state index in [-0.39, 0.29) is 5.91 Å². The van der Waals surface area contributed by atoms with Gasteiger partial charge in [-0.05, 0) is 26.1 Å². The third kappa shape index (κ3) is 4.12. The van der Waals surface area contributed by atoms with Crippen molar-refractivity contribution in [3.63, 3.8) is 0 Å². The fraction of sp³-hybridized carbons (Fsp3) is 0.545. The number of hydrogen-bond donors (Lipinski definition) is 1. The van der Waals surface area contributed by atoms with Crippen LogP contribution in [0.15, 0.2) is 12.1 Å². The van der Waals surface area contributed by atoms with Crippen molar-refractivity contribution in [3.8, 4) is 0 Å². The second-order valence-electron chi connectivity index (χ2n) is 3.47. The van der Waals surface area contributed by atoms with Crippen LogP contribution in [-0.4, -0.2) is 30.9 Å². The first-order chi connectivity index (χ1) is 7.67. The van der Waals surface area contributed by atoms with Crippen LogP contribution in [-0.2, 0) is 11.3 Å². The fourth-order valence-corrected chi connectivity index (χ4v) is 2.49. The highest BCUT2D eigenvalue weighted by Crippen LogP contribution is 2.22. The Morgan fingerprint density at radius 3 is 2.81 bits per heavy atom. The highest BCUT2D eigenvalue weighted by Gasteiger charge is 2.12. The van der Waals surface area contributed by atoms with Crippen molar-refractivity contribution in [2.75, 3.05) is 20.1 Å². The summed E-state index contributed by atoms with van der Waals surface area (Å²) in [5, 5.41) is 2.98. The monoisotopic (exact) mass is 260 g/mol. The molecule has 1 N–H and O–H groups in total. The molecule has 1 aromatic heterocycles. The van der Waals surface area contributed by atoms with Crippen molar-refractivity contribution in [2.45, 2.75) is 19.9 Å².